The lowest BCUT2D eigenvalue weighted by atomic mass is 10.0. The summed E-state index contributed by atoms with van der Waals surface area (Å²) in [4.78, 5) is 39.1. The first-order chi connectivity index (χ1) is 18.9. The zero-order valence-electron chi connectivity index (χ0n) is 21.3. The fraction of sp³-hybridized carbons (Fsp3) is 0.138. The van der Waals surface area contributed by atoms with E-state index < -0.39 is 11.4 Å². The summed E-state index contributed by atoms with van der Waals surface area (Å²) in [6.07, 6.45) is 2.87. The van der Waals surface area contributed by atoms with Gasteiger partial charge in [0, 0.05) is 30.9 Å². The van der Waals surface area contributed by atoms with Gasteiger partial charge in [-0.2, -0.15) is 0 Å². The number of Topliss-reactive ketones (excluding diaryl/α,β-unsaturated/α-hetero) is 1. The number of ketones is 1. The van der Waals surface area contributed by atoms with Crippen LogP contribution in [0.3, 0.4) is 0 Å². The van der Waals surface area contributed by atoms with Crippen molar-refractivity contribution in [2.24, 2.45) is 0 Å². The monoisotopic (exact) mass is 526 g/mol. The smallest absolute Gasteiger partial charge is 0.268 e. The van der Waals surface area contributed by atoms with Gasteiger partial charge in [0.1, 0.15) is 28.5 Å². The number of carbonyl (C=O) groups is 1. The predicted molar refractivity (Wildman–Crippen MR) is 142 cm³/mol. The van der Waals surface area contributed by atoms with Gasteiger partial charge < -0.3 is 14.2 Å². The maximum atomic E-state index is 13.4. The van der Waals surface area contributed by atoms with Crippen LogP contribution in [0.15, 0.2) is 77.9 Å². The van der Waals surface area contributed by atoms with Crippen LogP contribution in [-0.2, 0) is 6.42 Å². The SMILES string of the molecule is COc1cc2nccc(Oc3ccc(CC(=O)c4cnc(C)n(-c5ccc(F)cc5)c4=O)cc3)c2nc1OC. The van der Waals surface area contributed by atoms with Crippen molar-refractivity contribution in [1.29, 1.82) is 0 Å². The van der Waals surface area contributed by atoms with Gasteiger partial charge in [0.05, 0.1) is 25.4 Å². The molecule has 0 radical (unpaired) electrons. The van der Waals surface area contributed by atoms with Crippen LogP contribution in [0.4, 0.5) is 4.39 Å². The fourth-order valence-electron chi connectivity index (χ4n) is 4.09. The van der Waals surface area contributed by atoms with Gasteiger partial charge in [0.2, 0.25) is 0 Å². The van der Waals surface area contributed by atoms with Gasteiger partial charge in [-0.1, -0.05) is 12.1 Å². The number of hydrogen-bond donors (Lipinski definition) is 0. The minimum absolute atomic E-state index is 0.0135. The Kier molecular flexibility index (Phi) is 7.00. The third-order valence-electron chi connectivity index (χ3n) is 6.06. The number of fused-ring (bicyclic) bond motifs is 1. The number of pyridine rings is 2. The molecule has 196 valence electrons. The number of aryl methyl sites for hydroxylation is 1. The van der Waals surface area contributed by atoms with Crippen LogP contribution >= 0.6 is 0 Å². The topological polar surface area (TPSA) is 105 Å². The van der Waals surface area contributed by atoms with Gasteiger partial charge in [0.15, 0.2) is 17.3 Å². The summed E-state index contributed by atoms with van der Waals surface area (Å²) in [5.41, 5.74) is 1.62. The van der Waals surface area contributed by atoms with Crippen LogP contribution in [0, 0.1) is 12.7 Å². The Labute approximate surface area is 222 Å². The van der Waals surface area contributed by atoms with Crippen molar-refractivity contribution in [3.8, 4) is 28.8 Å². The Morgan fingerprint density at radius 2 is 1.69 bits per heavy atom. The van der Waals surface area contributed by atoms with E-state index in [0.717, 1.165) is 0 Å². The molecule has 2 aromatic carbocycles. The van der Waals surface area contributed by atoms with Crippen LogP contribution in [0.2, 0.25) is 0 Å². The molecule has 0 N–H and O–H groups in total. The van der Waals surface area contributed by atoms with Crippen LogP contribution < -0.4 is 19.8 Å². The number of benzene rings is 2. The van der Waals surface area contributed by atoms with Gasteiger partial charge in [-0.25, -0.2) is 14.4 Å². The lowest BCUT2D eigenvalue weighted by molar-refractivity contribution is 0.0990. The normalized spacial score (nSPS) is 10.9. The molecule has 0 aliphatic carbocycles. The Morgan fingerprint density at radius 3 is 2.38 bits per heavy atom. The van der Waals surface area contributed by atoms with Gasteiger partial charge >= 0.3 is 0 Å². The molecule has 39 heavy (non-hydrogen) atoms. The van der Waals surface area contributed by atoms with Crippen molar-refractivity contribution < 1.29 is 23.4 Å². The second-order valence-electron chi connectivity index (χ2n) is 8.56. The number of rotatable bonds is 8. The zero-order chi connectivity index (χ0) is 27.5. The highest BCUT2D eigenvalue weighted by Gasteiger charge is 2.17. The fourth-order valence-corrected chi connectivity index (χ4v) is 4.09. The zero-order valence-corrected chi connectivity index (χ0v) is 21.3. The molecule has 0 bridgehead atoms. The number of halogens is 1. The number of methoxy groups -OCH3 is 2. The number of aromatic nitrogens is 4. The number of ether oxygens (including phenoxy) is 3. The summed E-state index contributed by atoms with van der Waals surface area (Å²) in [7, 11) is 3.02. The molecule has 9 nitrogen and oxygen atoms in total. The van der Waals surface area contributed by atoms with E-state index in [-0.39, 0.29) is 17.8 Å². The standard InChI is InChI=1S/C29H23FN4O5/c1-17-32-16-22(29(36)34(17)20-8-6-19(30)7-9-20)24(35)14-18-4-10-21(11-5-18)39-25-12-13-31-23-15-26(37-2)28(38-3)33-27(23)25/h4-13,15-16H,14H2,1-3H3. The van der Waals surface area contributed by atoms with Crippen molar-refractivity contribution in [2.45, 2.75) is 13.3 Å². The van der Waals surface area contributed by atoms with E-state index in [1.54, 1.807) is 49.5 Å². The molecule has 10 heteroatoms. The van der Waals surface area contributed by atoms with Crippen molar-refractivity contribution in [1.82, 2.24) is 19.5 Å². The summed E-state index contributed by atoms with van der Waals surface area (Å²) >= 11 is 0. The summed E-state index contributed by atoms with van der Waals surface area (Å²) in [5.74, 6) is 1.33. The van der Waals surface area contributed by atoms with Crippen LogP contribution in [0.5, 0.6) is 23.1 Å². The van der Waals surface area contributed by atoms with Crippen molar-refractivity contribution in [3.05, 3.63) is 106 Å². The Balaban J connectivity index is 1.36. The second-order valence-corrected chi connectivity index (χ2v) is 8.56. The van der Waals surface area contributed by atoms with Gasteiger partial charge in [-0.05, 0) is 48.9 Å². The largest absolute Gasteiger partial charge is 0.491 e. The van der Waals surface area contributed by atoms with Gasteiger partial charge in [0.25, 0.3) is 11.4 Å². The first-order valence-corrected chi connectivity index (χ1v) is 11.9. The minimum Gasteiger partial charge on any atom is -0.491 e. The highest BCUT2D eigenvalue weighted by molar-refractivity contribution is 5.97. The average molecular weight is 527 g/mol. The van der Waals surface area contributed by atoms with E-state index >= 15 is 0 Å². The number of nitrogens with zero attached hydrogens (tertiary/aromatic N) is 4. The third-order valence-corrected chi connectivity index (χ3v) is 6.06. The molecule has 0 aliphatic heterocycles. The van der Waals surface area contributed by atoms with E-state index in [1.807, 2.05) is 0 Å². The molecule has 0 unspecified atom stereocenters. The molecule has 0 spiro atoms. The van der Waals surface area contributed by atoms with Crippen molar-refractivity contribution in [2.75, 3.05) is 14.2 Å². The molecular weight excluding hydrogens is 503 g/mol. The van der Waals surface area contributed by atoms with E-state index in [2.05, 4.69) is 15.0 Å². The Hall–Kier alpha value is -5.12. The molecule has 3 aromatic heterocycles. The van der Waals surface area contributed by atoms with Crippen molar-refractivity contribution >= 4 is 16.8 Å². The molecule has 0 saturated heterocycles. The molecule has 0 amide bonds. The molecule has 0 saturated carbocycles. The van der Waals surface area contributed by atoms with E-state index in [0.29, 0.717) is 51.2 Å². The predicted octanol–water partition coefficient (Wildman–Crippen LogP) is 4.86. The second kappa shape index (κ2) is 10.7. The van der Waals surface area contributed by atoms with E-state index in [4.69, 9.17) is 14.2 Å². The Bertz CT molecular complexity index is 1730. The molecule has 0 atom stereocenters. The highest BCUT2D eigenvalue weighted by atomic mass is 19.1. The highest BCUT2D eigenvalue weighted by Crippen LogP contribution is 2.34. The van der Waals surface area contributed by atoms with Crippen molar-refractivity contribution in [3.63, 3.8) is 0 Å². The first kappa shape index (κ1) is 25.5. The average Bonchev–Trinajstić information content (AvgIpc) is 2.94. The number of hydrogen-bond acceptors (Lipinski definition) is 8. The molecule has 3 heterocycles. The maximum absolute atomic E-state index is 13.4. The van der Waals surface area contributed by atoms with Crippen LogP contribution in [0.1, 0.15) is 21.7 Å². The lowest BCUT2D eigenvalue weighted by Crippen LogP contribution is -2.28. The number of carbonyl (C=O) groups excluding carboxylic acids is 1. The van der Waals surface area contributed by atoms with E-state index in [1.165, 1.54) is 49.2 Å². The molecule has 0 fully saturated rings. The van der Waals surface area contributed by atoms with E-state index in [9.17, 15) is 14.0 Å². The van der Waals surface area contributed by atoms with Crippen LogP contribution in [-0.4, -0.2) is 39.5 Å². The molecule has 0 aliphatic rings. The molecule has 5 aromatic rings. The first-order valence-electron chi connectivity index (χ1n) is 11.9. The quantitative estimate of drug-likeness (QED) is 0.264. The van der Waals surface area contributed by atoms with Crippen LogP contribution in [0.25, 0.3) is 16.7 Å². The minimum atomic E-state index is -0.511. The summed E-state index contributed by atoms with van der Waals surface area (Å²) in [5, 5.41) is 0. The molecule has 5 rings (SSSR count). The molecular formula is C29H23FN4O5. The third kappa shape index (κ3) is 5.17. The summed E-state index contributed by atoms with van der Waals surface area (Å²) in [6.45, 7) is 1.64. The van der Waals surface area contributed by atoms with Gasteiger partial charge in [-0.15, -0.1) is 0 Å². The van der Waals surface area contributed by atoms with Gasteiger partial charge in [-0.3, -0.25) is 19.1 Å². The Morgan fingerprint density at radius 1 is 0.949 bits per heavy atom. The lowest BCUT2D eigenvalue weighted by Gasteiger charge is -2.12. The summed E-state index contributed by atoms with van der Waals surface area (Å²) in [6, 6.07) is 15.8. The maximum Gasteiger partial charge on any atom is 0.268 e. The summed E-state index contributed by atoms with van der Waals surface area (Å²) < 4.78 is 31.3.